The van der Waals surface area contributed by atoms with Crippen LogP contribution in [0.1, 0.15) is 51.3 Å². The Morgan fingerprint density at radius 3 is 3.00 bits per heavy atom. The predicted molar refractivity (Wildman–Crippen MR) is 71.6 cm³/mol. The number of rotatable bonds is 3. The van der Waals surface area contributed by atoms with Gasteiger partial charge in [-0.15, -0.1) is 0 Å². The summed E-state index contributed by atoms with van der Waals surface area (Å²) >= 11 is 6.34. The van der Waals surface area contributed by atoms with E-state index in [0.29, 0.717) is 17.9 Å². The fraction of sp³-hybridized carbons (Fsp3) is 0.769. The topological polar surface area (TPSA) is 29.9 Å². The molecule has 0 radical (unpaired) electrons. The van der Waals surface area contributed by atoms with Crippen LogP contribution in [0.25, 0.3) is 0 Å². The van der Waals surface area contributed by atoms with Crippen molar-refractivity contribution < 1.29 is 0 Å². The summed E-state index contributed by atoms with van der Waals surface area (Å²) in [7, 11) is 0. The van der Waals surface area contributed by atoms with Crippen LogP contribution in [0.3, 0.4) is 0 Å². The Morgan fingerprint density at radius 1 is 1.59 bits per heavy atom. The summed E-state index contributed by atoms with van der Waals surface area (Å²) in [6, 6.07) is 0.380. The summed E-state index contributed by atoms with van der Waals surface area (Å²) in [5, 5.41) is 8.73. The Kier molecular flexibility index (Phi) is 4.10. The molecule has 2 heterocycles. The van der Waals surface area contributed by atoms with Crippen LogP contribution in [0.2, 0.25) is 5.02 Å². The Balaban J connectivity index is 2.33. The van der Waals surface area contributed by atoms with Crippen molar-refractivity contribution in [1.82, 2.24) is 15.1 Å². The van der Waals surface area contributed by atoms with Gasteiger partial charge in [-0.1, -0.05) is 24.9 Å². The van der Waals surface area contributed by atoms with Crippen LogP contribution < -0.4 is 5.32 Å². The molecule has 1 aliphatic rings. The van der Waals surface area contributed by atoms with Crippen LogP contribution >= 0.6 is 11.6 Å². The number of hydrogen-bond donors (Lipinski definition) is 1. The molecule has 1 fully saturated rings. The summed E-state index contributed by atoms with van der Waals surface area (Å²) in [6.07, 6.45) is 4.15. The second kappa shape index (κ2) is 5.40. The maximum atomic E-state index is 6.34. The average Bonchev–Trinajstić information content (AvgIpc) is 2.71. The lowest BCUT2D eigenvalue weighted by atomic mass is 9.82. The smallest absolute Gasteiger partial charge is 0.0820 e. The third kappa shape index (κ3) is 2.50. The molecule has 1 saturated heterocycles. The minimum atomic E-state index is 0.380. The molecule has 2 rings (SSSR count). The van der Waals surface area contributed by atoms with Crippen molar-refractivity contribution in [2.75, 3.05) is 13.1 Å². The van der Waals surface area contributed by atoms with Gasteiger partial charge in [0.15, 0.2) is 0 Å². The van der Waals surface area contributed by atoms with E-state index in [1.165, 1.54) is 12.1 Å². The molecule has 0 bridgehead atoms. The molecular weight excluding hydrogens is 234 g/mol. The Labute approximate surface area is 109 Å². The number of aromatic nitrogens is 2. The summed E-state index contributed by atoms with van der Waals surface area (Å²) < 4.78 is 2.10. The third-order valence-corrected chi connectivity index (χ3v) is 4.05. The van der Waals surface area contributed by atoms with Gasteiger partial charge in [0.2, 0.25) is 0 Å². The van der Waals surface area contributed by atoms with Gasteiger partial charge < -0.3 is 5.32 Å². The summed E-state index contributed by atoms with van der Waals surface area (Å²) in [5.41, 5.74) is 1.25. The van der Waals surface area contributed by atoms with Crippen molar-refractivity contribution in [2.24, 2.45) is 5.92 Å². The maximum Gasteiger partial charge on any atom is 0.0820 e. The zero-order chi connectivity index (χ0) is 12.4. The third-order valence-electron chi connectivity index (χ3n) is 3.76. The van der Waals surface area contributed by atoms with Gasteiger partial charge in [-0.3, -0.25) is 4.68 Å². The average molecular weight is 256 g/mol. The van der Waals surface area contributed by atoms with Gasteiger partial charge in [-0.05, 0) is 39.3 Å². The van der Waals surface area contributed by atoms with Crippen LogP contribution in [0.15, 0.2) is 6.20 Å². The molecular formula is C13H22ClN3. The molecule has 2 atom stereocenters. The minimum Gasteiger partial charge on any atom is -0.316 e. The summed E-state index contributed by atoms with van der Waals surface area (Å²) in [5.74, 6) is 1.23. The Bertz CT molecular complexity index is 373. The molecule has 0 saturated carbocycles. The first-order valence-electron chi connectivity index (χ1n) is 6.58. The van der Waals surface area contributed by atoms with E-state index < -0.39 is 0 Å². The Hall–Kier alpha value is -0.540. The van der Waals surface area contributed by atoms with E-state index in [0.717, 1.165) is 24.5 Å². The highest BCUT2D eigenvalue weighted by Gasteiger charge is 2.30. The Morgan fingerprint density at radius 2 is 2.35 bits per heavy atom. The van der Waals surface area contributed by atoms with E-state index in [2.05, 4.69) is 35.9 Å². The number of nitrogens with zero attached hydrogens (tertiary/aromatic N) is 2. The SMILES string of the molecule is CCC1CNCCC1c1c(Cl)cnn1C(C)C. The molecule has 0 aliphatic carbocycles. The van der Waals surface area contributed by atoms with E-state index >= 15 is 0 Å². The fourth-order valence-electron chi connectivity index (χ4n) is 2.82. The molecule has 0 amide bonds. The molecule has 1 aromatic heterocycles. The monoisotopic (exact) mass is 255 g/mol. The highest BCUT2D eigenvalue weighted by atomic mass is 35.5. The van der Waals surface area contributed by atoms with E-state index in [1.54, 1.807) is 6.20 Å². The van der Waals surface area contributed by atoms with E-state index in [9.17, 15) is 0 Å². The van der Waals surface area contributed by atoms with Crippen LogP contribution in [0.4, 0.5) is 0 Å². The first-order chi connectivity index (χ1) is 8.15. The van der Waals surface area contributed by atoms with Gasteiger partial charge in [0.1, 0.15) is 0 Å². The van der Waals surface area contributed by atoms with E-state index in [4.69, 9.17) is 11.6 Å². The normalized spacial score (nSPS) is 25.5. The lowest BCUT2D eigenvalue weighted by Gasteiger charge is -2.32. The molecule has 2 unspecified atom stereocenters. The largest absolute Gasteiger partial charge is 0.316 e. The summed E-state index contributed by atoms with van der Waals surface area (Å²) in [4.78, 5) is 0. The molecule has 0 spiro atoms. The van der Waals surface area contributed by atoms with Crippen molar-refractivity contribution in [3.63, 3.8) is 0 Å². The molecule has 0 aromatic carbocycles. The van der Waals surface area contributed by atoms with Crippen molar-refractivity contribution >= 4 is 11.6 Å². The van der Waals surface area contributed by atoms with Gasteiger partial charge in [-0.25, -0.2) is 0 Å². The van der Waals surface area contributed by atoms with E-state index in [-0.39, 0.29) is 0 Å². The fourth-order valence-corrected chi connectivity index (χ4v) is 3.09. The lowest BCUT2D eigenvalue weighted by Crippen LogP contribution is -2.36. The predicted octanol–water partition coefficient (Wildman–Crippen LogP) is 3.22. The van der Waals surface area contributed by atoms with Crippen LogP contribution in [-0.4, -0.2) is 22.9 Å². The molecule has 96 valence electrons. The summed E-state index contributed by atoms with van der Waals surface area (Å²) in [6.45, 7) is 8.76. The first-order valence-corrected chi connectivity index (χ1v) is 6.96. The van der Waals surface area contributed by atoms with Gasteiger partial charge in [-0.2, -0.15) is 5.10 Å². The maximum absolute atomic E-state index is 6.34. The van der Waals surface area contributed by atoms with Crippen molar-refractivity contribution in [3.05, 3.63) is 16.9 Å². The van der Waals surface area contributed by atoms with Crippen molar-refractivity contribution in [3.8, 4) is 0 Å². The van der Waals surface area contributed by atoms with E-state index in [1.807, 2.05) is 0 Å². The van der Waals surface area contributed by atoms with Gasteiger partial charge >= 0.3 is 0 Å². The van der Waals surface area contributed by atoms with Gasteiger partial charge in [0.05, 0.1) is 16.9 Å². The van der Waals surface area contributed by atoms with Crippen molar-refractivity contribution in [1.29, 1.82) is 0 Å². The zero-order valence-electron chi connectivity index (χ0n) is 10.9. The molecule has 1 aromatic rings. The number of halogens is 1. The van der Waals surface area contributed by atoms with Gasteiger partial charge in [0, 0.05) is 12.0 Å². The zero-order valence-corrected chi connectivity index (χ0v) is 11.7. The molecule has 17 heavy (non-hydrogen) atoms. The number of hydrogen-bond acceptors (Lipinski definition) is 2. The molecule has 1 N–H and O–H groups in total. The standard InChI is InChI=1S/C13H22ClN3/c1-4-10-7-15-6-5-11(10)13-12(14)8-16-17(13)9(2)3/h8-11,15H,4-7H2,1-3H3. The van der Waals surface area contributed by atoms with Crippen LogP contribution in [0, 0.1) is 5.92 Å². The van der Waals surface area contributed by atoms with Crippen molar-refractivity contribution in [2.45, 2.75) is 45.6 Å². The number of nitrogens with one attached hydrogen (secondary N) is 1. The molecule has 1 aliphatic heterocycles. The first kappa shape index (κ1) is 12.9. The van der Waals surface area contributed by atoms with Crippen LogP contribution in [-0.2, 0) is 0 Å². The highest BCUT2D eigenvalue weighted by Crippen LogP contribution is 2.37. The molecule has 4 heteroatoms. The number of piperidine rings is 1. The molecule has 3 nitrogen and oxygen atoms in total. The lowest BCUT2D eigenvalue weighted by molar-refractivity contribution is 0.299. The minimum absolute atomic E-state index is 0.380. The van der Waals surface area contributed by atoms with Gasteiger partial charge in [0.25, 0.3) is 0 Å². The second-order valence-corrected chi connectivity index (χ2v) is 5.59. The quantitative estimate of drug-likeness (QED) is 0.899. The second-order valence-electron chi connectivity index (χ2n) is 5.18. The van der Waals surface area contributed by atoms with Crippen LogP contribution in [0.5, 0.6) is 0 Å². The highest BCUT2D eigenvalue weighted by molar-refractivity contribution is 6.31.